The van der Waals surface area contributed by atoms with Gasteiger partial charge in [0.25, 0.3) is 0 Å². The van der Waals surface area contributed by atoms with E-state index < -0.39 is 0 Å². The zero-order valence-corrected chi connectivity index (χ0v) is 10.4. The van der Waals surface area contributed by atoms with Gasteiger partial charge in [0, 0.05) is 18.3 Å². The number of hydrogen-bond acceptors (Lipinski definition) is 3. The van der Waals surface area contributed by atoms with Crippen LogP contribution in [-0.4, -0.2) is 41.7 Å². The van der Waals surface area contributed by atoms with Gasteiger partial charge >= 0.3 is 0 Å². The number of aliphatic hydroxyl groups excluding tert-OH is 1. The third-order valence-corrected chi connectivity index (χ3v) is 2.52. The van der Waals surface area contributed by atoms with E-state index in [1.807, 2.05) is 49.1 Å². The van der Waals surface area contributed by atoms with Gasteiger partial charge in [0.15, 0.2) is 0 Å². The first-order chi connectivity index (χ1) is 8.13. The van der Waals surface area contributed by atoms with E-state index in [0.717, 1.165) is 5.69 Å². The molecule has 0 saturated carbocycles. The number of para-hydroxylation sites is 1. The van der Waals surface area contributed by atoms with Crippen LogP contribution in [0.3, 0.4) is 0 Å². The first kappa shape index (κ1) is 13.7. The fraction of sp³-hybridized carbons (Fsp3) is 0.462. The molecule has 1 rings (SSSR count). The highest BCUT2D eigenvalue weighted by Crippen LogP contribution is 2.05. The molecule has 4 heteroatoms. The van der Waals surface area contributed by atoms with Crippen molar-refractivity contribution in [2.75, 3.05) is 25.0 Å². The minimum Gasteiger partial charge on any atom is -0.395 e. The van der Waals surface area contributed by atoms with E-state index in [2.05, 4.69) is 5.32 Å². The summed E-state index contributed by atoms with van der Waals surface area (Å²) in [5, 5.41) is 11.7. The molecular weight excluding hydrogens is 216 g/mol. The lowest BCUT2D eigenvalue weighted by molar-refractivity contribution is -0.117. The fourth-order valence-corrected chi connectivity index (χ4v) is 1.55. The molecule has 0 aliphatic carbocycles. The number of nitrogens with zero attached hydrogens (tertiary/aromatic N) is 1. The van der Waals surface area contributed by atoms with Gasteiger partial charge in [-0.05, 0) is 26.0 Å². The summed E-state index contributed by atoms with van der Waals surface area (Å²) in [5.74, 6) is -0.0571. The molecule has 0 atom stereocenters. The molecule has 0 saturated heterocycles. The molecule has 0 heterocycles. The van der Waals surface area contributed by atoms with Crippen molar-refractivity contribution >= 4 is 11.6 Å². The van der Waals surface area contributed by atoms with E-state index in [9.17, 15) is 4.79 Å². The quantitative estimate of drug-likeness (QED) is 0.783. The van der Waals surface area contributed by atoms with Crippen molar-refractivity contribution < 1.29 is 9.90 Å². The zero-order chi connectivity index (χ0) is 12.7. The fourth-order valence-electron chi connectivity index (χ4n) is 1.55. The predicted octanol–water partition coefficient (Wildman–Crippen LogP) is 1.33. The minimum absolute atomic E-state index is 0.0571. The van der Waals surface area contributed by atoms with Crippen LogP contribution in [0.5, 0.6) is 0 Å². The van der Waals surface area contributed by atoms with Crippen molar-refractivity contribution in [3.05, 3.63) is 30.3 Å². The van der Waals surface area contributed by atoms with Crippen molar-refractivity contribution in [3.63, 3.8) is 0 Å². The molecule has 0 spiro atoms. The van der Waals surface area contributed by atoms with Crippen LogP contribution >= 0.6 is 0 Å². The van der Waals surface area contributed by atoms with Crippen LogP contribution in [0.15, 0.2) is 30.3 Å². The number of amides is 1. The Labute approximate surface area is 102 Å². The molecule has 0 aliphatic heterocycles. The normalized spacial score (nSPS) is 10.9. The number of benzene rings is 1. The maximum absolute atomic E-state index is 11.8. The second-order valence-corrected chi connectivity index (χ2v) is 4.20. The molecule has 94 valence electrons. The molecule has 1 aromatic carbocycles. The van der Waals surface area contributed by atoms with E-state index in [0.29, 0.717) is 13.1 Å². The third kappa shape index (κ3) is 4.97. The summed E-state index contributed by atoms with van der Waals surface area (Å²) in [6, 6.07) is 9.60. The largest absolute Gasteiger partial charge is 0.395 e. The van der Waals surface area contributed by atoms with Gasteiger partial charge in [-0.2, -0.15) is 0 Å². The van der Waals surface area contributed by atoms with Gasteiger partial charge in [-0.25, -0.2) is 0 Å². The van der Waals surface area contributed by atoms with Crippen LogP contribution in [0.4, 0.5) is 5.69 Å². The lowest BCUT2D eigenvalue weighted by Crippen LogP contribution is -2.39. The maximum Gasteiger partial charge on any atom is 0.238 e. The molecule has 2 N–H and O–H groups in total. The van der Waals surface area contributed by atoms with Crippen molar-refractivity contribution in [2.24, 2.45) is 0 Å². The summed E-state index contributed by atoms with van der Waals surface area (Å²) < 4.78 is 0. The minimum atomic E-state index is -0.0571. The van der Waals surface area contributed by atoms with Crippen LogP contribution in [0.2, 0.25) is 0 Å². The van der Waals surface area contributed by atoms with Gasteiger partial charge in [-0.15, -0.1) is 0 Å². The summed E-state index contributed by atoms with van der Waals surface area (Å²) in [5.41, 5.74) is 0.796. The summed E-state index contributed by atoms with van der Waals surface area (Å²) in [7, 11) is 0. The Hall–Kier alpha value is -1.39. The second-order valence-electron chi connectivity index (χ2n) is 4.20. The van der Waals surface area contributed by atoms with Crippen LogP contribution < -0.4 is 5.32 Å². The van der Waals surface area contributed by atoms with E-state index in [1.54, 1.807) is 0 Å². The number of anilines is 1. The molecule has 0 fully saturated rings. The molecule has 1 amide bonds. The number of hydrogen-bond donors (Lipinski definition) is 2. The molecule has 0 aromatic heterocycles. The van der Waals surface area contributed by atoms with Crippen LogP contribution in [0.1, 0.15) is 13.8 Å². The topological polar surface area (TPSA) is 52.6 Å². The van der Waals surface area contributed by atoms with E-state index in [-0.39, 0.29) is 18.6 Å². The standard InChI is InChI=1S/C13H20N2O2/c1-11(2)15(8-9-16)10-13(17)14-12-6-4-3-5-7-12/h3-7,11,16H,8-10H2,1-2H3,(H,14,17). The lowest BCUT2D eigenvalue weighted by Gasteiger charge is -2.24. The summed E-state index contributed by atoms with van der Waals surface area (Å²) in [4.78, 5) is 13.7. The Morgan fingerprint density at radius 2 is 2.00 bits per heavy atom. The Kier molecular flexibility index (Phi) is 5.66. The van der Waals surface area contributed by atoms with Crippen LogP contribution in [-0.2, 0) is 4.79 Å². The van der Waals surface area contributed by atoms with E-state index in [4.69, 9.17) is 5.11 Å². The van der Waals surface area contributed by atoms with Crippen molar-refractivity contribution in [3.8, 4) is 0 Å². The highest BCUT2D eigenvalue weighted by molar-refractivity contribution is 5.92. The van der Waals surface area contributed by atoms with Gasteiger partial charge in [0.2, 0.25) is 5.91 Å². The first-order valence-electron chi connectivity index (χ1n) is 5.83. The maximum atomic E-state index is 11.8. The number of nitrogens with one attached hydrogen (secondary N) is 1. The van der Waals surface area contributed by atoms with E-state index in [1.165, 1.54) is 0 Å². The monoisotopic (exact) mass is 236 g/mol. The van der Waals surface area contributed by atoms with Crippen molar-refractivity contribution in [2.45, 2.75) is 19.9 Å². The molecule has 0 unspecified atom stereocenters. The molecule has 0 aliphatic rings. The number of rotatable bonds is 6. The molecule has 0 radical (unpaired) electrons. The van der Waals surface area contributed by atoms with Gasteiger partial charge in [0.1, 0.15) is 0 Å². The van der Waals surface area contributed by atoms with Gasteiger partial charge in [0.05, 0.1) is 13.2 Å². The third-order valence-electron chi connectivity index (χ3n) is 2.52. The Morgan fingerprint density at radius 3 is 2.53 bits per heavy atom. The molecular formula is C13H20N2O2. The summed E-state index contributed by atoms with van der Waals surface area (Å²) in [6.45, 7) is 4.89. The van der Waals surface area contributed by atoms with Crippen molar-refractivity contribution in [1.82, 2.24) is 4.90 Å². The Balaban J connectivity index is 2.48. The molecule has 1 aromatic rings. The van der Waals surface area contributed by atoms with Gasteiger partial charge in [-0.3, -0.25) is 9.69 Å². The number of carbonyl (C=O) groups excluding carboxylic acids is 1. The lowest BCUT2D eigenvalue weighted by atomic mass is 10.3. The van der Waals surface area contributed by atoms with Crippen LogP contribution in [0, 0.1) is 0 Å². The Bertz CT molecular complexity index is 339. The summed E-state index contributed by atoms with van der Waals surface area (Å²) >= 11 is 0. The molecule has 0 bridgehead atoms. The average Bonchev–Trinajstić information content (AvgIpc) is 2.29. The molecule has 4 nitrogen and oxygen atoms in total. The molecule has 17 heavy (non-hydrogen) atoms. The highest BCUT2D eigenvalue weighted by Gasteiger charge is 2.13. The highest BCUT2D eigenvalue weighted by atomic mass is 16.3. The second kappa shape index (κ2) is 7.04. The number of aliphatic hydroxyl groups is 1. The average molecular weight is 236 g/mol. The van der Waals surface area contributed by atoms with Crippen LogP contribution in [0.25, 0.3) is 0 Å². The predicted molar refractivity (Wildman–Crippen MR) is 68.9 cm³/mol. The smallest absolute Gasteiger partial charge is 0.238 e. The summed E-state index contributed by atoms with van der Waals surface area (Å²) in [6.07, 6.45) is 0. The first-order valence-corrected chi connectivity index (χ1v) is 5.83. The van der Waals surface area contributed by atoms with E-state index >= 15 is 0 Å². The van der Waals surface area contributed by atoms with Gasteiger partial charge in [-0.1, -0.05) is 18.2 Å². The van der Waals surface area contributed by atoms with Crippen molar-refractivity contribution in [1.29, 1.82) is 0 Å². The SMILES string of the molecule is CC(C)N(CCO)CC(=O)Nc1ccccc1. The Morgan fingerprint density at radius 1 is 1.35 bits per heavy atom. The zero-order valence-electron chi connectivity index (χ0n) is 10.4. The number of carbonyl (C=O) groups is 1. The van der Waals surface area contributed by atoms with Gasteiger partial charge < -0.3 is 10.4 Å².